The minimum Gasteiger partial charge on any atom is -0.478 e. The zero-order valence-electron chi connectivity index (χ0n) is 9.84. The second-order valence-corrected chi connectivity index (χ2v) is 4.18. The Kier molecular flexibility index (Phi) is 4.22. The Morgan fingerprint density at radius 2 is 2.25 bits per heavy atom. The molecule has 0 saturated heterocycles. The SMILES string of the molecule is CC(C)CCN(C)c1nnccc1C(=O)O. The molecule has 88 valence electrons. The van der Waals surface area contributed by atoms with Crippen molar-refractivity contribution >= 4 is 11.8 Å². The summed E-state index contributed by atoms with van der Waals surface area (Å²) in [6.07, 6.45) is 2.38. The van der Waals surface area contributed by atoms with Crippen molar-refractivity contribution in [3.63, 3.8) is 0 Å². The third kappa shape index (κ3) is 3.18. The number of nitrogens with zero attached hydrogens (tertiary/aromatic N) is 3. The van der Waals surface area contributed by atoms with Gasteiger partial charge in [-0.2, -0.15) is 5.10 Å². The summed E-state index contributed by atoms with van der Waals surface area (Å²) in [5.74, 6) is 0.0318. The van der Waals surface area contributed by atoms with Gasteiger partial charge in [0.25, 0.3) is 0 Å². The third-order valence-electron chi connectivity index (χ3n) is 2.34. The quantitative estimate of drug-likeness (QED) is 0.822. The predicted octanol–water partition coefficient (Wildman–Crippen LogP) is 1.66. The topological polar surface area (TPSA) is 66.3 Å². The van der Waals surface area contributed by atoms with Gasteiger partial charge in [0, 0.05) is 13.6 Å². The first-order chi connectivity index (χ1) is 7.52. The number of carboxylic acid groups (broad SMARTS) is 1. The number of aromatic nitrogens is 2. The molecule has 0 spiro atoms. The Balaban J connectivity index is 2.82. The van der Waals surface area contributed by atoms with Gasteiger partial charge in [-0.05, 0) is 18.4 Å². The first kappa shape index (κ1) is 12.4. The highest BCUT2D eigenvalue weighted by Gasteiger charge is 2.14. The molecule has 0 bridgehead atoms. The van der Waals surface area contributed by atoms with Crippen LogP contribution in [0.3, 0.4) is 0 Å². The maximum absolute atomic E-state index is 11.0. The molecule has 0 radical (unpaired) electrons. The van der Waals surface area contributed by atoms with Gasteiger partial charge in [0.15, 0.2) is 5.82 Å². The molecule has 1 aromatic heterocycles. The molecule has 1 rings (SSSR count). The molecule has 5 nitrogen and oxygen atoms in total. The fourth-order valence-electron chi connectivity index (χ4n) is 1.33. The lowest BCUT2D eigenvalue weighted by Gasteiger charge is -2.19. The Bertz CT molecular complexity index is 366. The monoisotopic (exact) mass is 223 g/mol. The van der Waals surface area contributed by atoms with Crippen LogP contribution in [0.2, 0.25) is 0 Å². The van der Waals surface area contributed by atoms with Crippen molar-refractivity contribution in [2.45, 2.75) is 20.3 Å². The van der Waals surface area contributed by atoms with Crippen LogP contribution in [0.5, 0.6) is 0 Å². The number of aromatic carboxylic acids is 1. The van der Waals surface area contributed by atoms with Crippen LogP contribution in [-0.4, -0.2) is 34.9 Å². The summed E-state index contributed by atoms with van der Waals surface area (Å²) in [6, 6.07) is 1.47. The van der Waals surface area contributed by atoms with Gasteiger partial charge in [-0.1, -0.05) is 13.8 Å². The summed E-state index contributed by atoms with van der Waals surface area (Å²) >= 11 is 0. The number of hydrogen-bond acceptors (Lipinski definition) is 4. The molecule has 0 aliphatic heterocycles. The minimum atomic E-state index is -0.971. The molecule has 16 heavy (non-hydrogen) atoms. The summed E-state index contributed by atoms with van der Waals surface area (Å²) in [4.78, 5) is 12.8. The van der Waals surface area contributed by atoms with E-state index in [9.17, 15) is 4.79 Å². The highest BCUT2D eigenvalue weighted by Crippen LogP contribution is 2.15. The number of carbonyl (C=O) groups is 1. The average Bonchev–Trinajstić information content (AvgIpc) is 2.25. The van der Waals surface area contributed by atoms with E-state index >= 15 is 0 Å². The van der Waals surface area contributed by atoms with Gasteiger partial charge in [0.2, 0.25) is 0 Å². The van der Waals surface area contributed by atoms with Crippen LogP contribution in [0, 0.1) is 5.92 Å². The molecule has 0 amide bonds. The summed E-state index contributed by atoms with van der Waals surface area (Å²) in [6.45, 7) is 5.03. The van der Waals surface area contributed by atoms with Gasteiger partial charge in [-0.25, -0.2) is 4.79 Å². The van der Waals surface area contributed by atoms with Crippen LogP contribution in [0.1, 0.15) is 30.6 Å². The molecule has 0 aromatic carbocycles. The average molecular weight is 223 g/mol. The normalized spacial score (nSPS) is 10.5. The van der Waals surface area contributed by atoms with Crippen LogP contribution in [0.25, 0.3) is 0 Å². The van der Waals surface area contributed by atoms with Gasteiger partial charge in [-0.15, -0.1) is 5.10 Å². The highest BCUT2D eigenvalue weighted by molar-refractivity contribution is 5.92. The second kappa shape index (κ2) is 5.44. The van der Waals surface area contributed by atoms with Crippen LogP contribution < -0.4 is 4.90 Å². The summed E-state index contributed by atoms with van der Waals surface area (Å²) in [7, 11) is 1.83. The van der Waals surface area contributed by atoms with Gasteiger partial charge in [0.1, 0.15) is 5.56 Å². The Labute approximate surface area is 95.1 Å². The van der Waals surface area contributed by atoms with Crippen LogP contribution in [-0.2, 0) is 0 Å². The molecule has 0 aliphatic carbocycles. The molecule has 0 aliphatic rings. The van der Waals surface area contributed by atoms with Gasteiger partial charge in [-0.3, -0.25) is 0 Å². The fourth-order valence-corrected chi connectivity index (χ4v) is 1.33. The van der Waals surface area contributed by atoms with E-state index in [0.29, 0.717) is 11.7 Å². The molecular weight excluding hydrogens is 206 g/mol. The number of hydrogen-bond donors (Lipinski definition) is 1. The van der Waals surface area contributed by atoms with Crippen LogP contribution in [0.4, 0.5) is 5.82 Å². The number of carboxylic acids is 1. The zero-order valence-corrected chi connectivity index (χ0v) is 9.84. The second-order valence-electron chi connectivity index (χ2n) is 4.18. The van der Waals surface area contributed by atoms with Gasteiger partial charge < -0.3 is 10.0 Å². The molecule has 1 heterocycles. The predicted molar refractivity (Wildman–Crippen MR) is 61.7 cm³/mol. The van der Waals surface area contributed by atoms with E-state index < -0.39 is 5.97 Å². The maximum atomic E-state index is 11.0. The van der Waals surface area contributed by atoms with Crippen LogP contribution in [0.15, 0.2) is 12.3 Å². The van der Waals surface area contributed by atoms with Crippen molar-refractivity contribution in [3.05, 3.63) is 17.8 Å². The van der Waals surface area contributed by atoms with Crippen molar-refractivity contribution in [2.24, 2.45) is 5.92 Å². The van der Waals surface area contributed by atoms with E-state index in [-0.39, 0.29) is 5.56 Å². The summed E-state index contributed by atoms with van der Waals surface area (Å²) in [5.41, 5.74) is 0.196. The molecule has 0 atom stereocenters. The van der Waals surface area contributed by atoms with E-state index in [0.717, 1.165) is 13.0 Å². The third-order valence-corrected chi connectivity index (χ3v) is 2.34. The van der Waals surface area contributed by atoms with Crippen molar-refractivity contribution in [3.8, 4) is 0 Å². The largest absolute Gasteiger partial charge is 0.478 e. The van der Waals surface area contributed by atoms with Crippen molar-refractivity contribution in [2.75, 3.05) is 18.5 Å². The maximum Gasteiger partial charge on any atom is 0.339 e. The van der Waals surface area contributed by atoms with Crippen molar-refractivity contribution < 1.29 is 9.90 Å². The fraction of sp³-hybridized carbons (Fsp3) is 0.545. The number of rotatable bonds is 5. The van der Waals surface area contributed by atoms with E-state index in [2.05, 4.69) is 24.0 Å². The first-order valence-corrected chi connectivity index (χ1v) is 5.28. The zero-order chi connectivity index (χ0) is 12.1. The molecule has 0 saturated carbocycles. The Hall–Kier alpha value is -1.65. The standard InChI is InChI=1S/C11H17N3O2/c1-8(2)5-7-14(3)10-9(11(15)16)4-6-12-13-10/h4,6,8H,5,7H2,1-3H3,(H,15,16). The lowest BCUT2D eigenvalue weighted by molar-refractivity contribution is 0.0697. The van der Waals surface area contributed by atoms with Crippen molar-refractivity contribution in [1.82, 2.24) is 10.2 Å². The lowest BCUT2D eigenvalue weighted by Crippen LogP contribution is -2.23. The molecule has 0 fully saturated rings. The van der Waals surface area contributed by atoms with Gasteiger partial charge in [0.05, 0.1) is 6.20 Å². The highest BCUT2D eigenvalue weighted by atomic mass is 16.4. The van der Waals surface area contributed by atoms with Gasteiger partial charge >= 0.3 is 5.97 Å². The van der Waals surface area contributed by atoms with E-state index in [1.807, 2.05) is 11.9 Å². The van der Waals surface area contributed by atoms with E-state index in [1.165, 1.54) is 12.3 Å². The summed E-state index contributed by atoms with van der Waals surface area (Å²) in [5, 5.41) is 16.6. The van der Waals surface area contributed by atoms with E-state index in [4.69, 9.17) is 5.11 Å². The Morgan fingerprint density at radius 1 is 1.56 bits per heavy atom. The summed E-state index contributed by atoms with van der Waals surface area (Å²) < 4.78 is 0. The molecular formula is C11H17N3O2. The molecule has 0 unspecified atom stereocenters. The van der Waals surface area contributed by atoms with Crippen LogP contribution >= 0.6 is 0 Å². The smallest absolute Gasteiger partial charge is 0.339 e. The molecule has 1 N–H and O–H groups in total. The minimum absolute atomic E-state index is 0.196. The first-order valence-electron chi connectivity index (χ1n) is 5.28. The number of anilines is 1. The molecule has 1 aromatic rings. The lowest BCUT2D eigenvalue weighted by atomic mass is 10.1. The Morgan fingerprint density at radius 3 is 2.81 bits per heavy atom. The van der Waals surface area contributed by atoms with Crippen molar-refractivity contribution in [1.29, 1.82) is 0 Å². The molecule has 5 heteroatoms. The van der Waals surface area contributed by atoms with E-state index in [1.54, 1.807) is 0 Å².